The second-order valence-corrected chi connectivity index (χ2v) is 5.20. The molecule has 0 radical (unpaired) electrons. The molecule has 2 N–H and O–H groups in total. The summed E-state index contributed by atoms with van der Waals surface area (Å²) in [4.78, 5) is 0. The molecule has 0 spiro atoms. The van der Waals surface area contributed by atoms with E-state index in [0.717, 1.165) is 18.7 Å². The lowest BCUT2D eigenvalue weighted by Gasteiger charge is -2.04. The Kier molecular flexibility index (Phi) is 5.12. The molecule has 0 fully saturated rings. The highest BCUT2D eigenvalue weighted by Gasteiger charge is 2.06. The second kappa shape index (κ2) is 7.05. The molecule has 1 aromatic carbocycles. The standard InChI is InChI=1S/C15H22N4O/c1-4-12-6-5-7-13(8-12)17-15-19-18-14(20-15)10-16-9-11(2)3/h5-8,11,16H,4,9-10H2,1-3H3,(H,17,19). The normalized spacial score (nSPS) is 11.0. The van der Waals surface area contributed by atoms with E-state index in [-0.39, 0.29) is 0 Å². The predicted molar refractivity (Wildman–Crippen MR) is 79.9 cm³/mol. The Labute approximate surface area is 119 Å². The van der Waals surface area contributed by atoms with Crippen LogP contribution in [0.1, 0.15) is 32.2 Å². The summed E-state index contributed by atoms with van der Waals surface area (Å²) in [6.45, 7) is 7.99. The van der Waals surface area contributed by atoms with E-state index in [9.17, 15) is 0 Å². The maximum absolute atomic E-state index is 5.55. The van der Waals surface area contributed by atoms with Gasteiger partial charge >= 0.3 is 6.01 Å². The molecule has 1 aromatic heterocycles. The fourth-order valence-corrected chi connectivity index (χ4v) is 1.84. The molecule has 108 valence electrons. The molecule has 20 heavy (non-hydrogen) atoms. The number of nitrogens with one attached hydrogen (secondary N) is 2. The lowest BCUT2D eigenvalue weighted by atomic mass is 10.1. The summed E-state index contributed by atoms with van der Waals surface area (Å²) >= 11 is 0. The highest BCUT2D eigenvalue weighted by Crippen LogP contribution is 2.16. The van der Waals surface area contributed by atoms with Gasteiger partial charge in [-0.05, 0) is 36.6 Å². The second-order valence-electron chi connectivity index (χ2n) is 5.20. The van der Waals surface area contributed by atoms with Crippen LogP contribution < -0.4 is 10.6 Å². The molecular formula is C15H22N4O. The molecule has 0 saturated heterocycles. The van der Waals surface area contributed by atoms with Crippen molar-refractivity contribution in [1.82, 2.24) is 15.5 Å². The summed E-state index contributed by atoms with van der Waals surface area (Å²) in [5, 5.41) is 14.4. The first kappa shape index (κ1) is 14.5. The van der Waals surface area contributed by atoms with Gasteiger partial charge in [-0.1, -0.05) is 38.0 Å². The van der Waals surface area contributed by atoms with Crippen LogP contribution in [0.4, 0.5) is 11.7 Å². The van der Waals surface area contributed by atoms with Crippen molar-refractivity contribution in [3.63, 3.8) is 0 Å². The topological polar surface area (TPSA) is 63.0 Å². The van der Waals surface area contributed by atoms with Crippen LogP contribution in [0, 0.1) is 5.92 Å². The van der Waals surface area contributed by atoms with Crippen LogP contribution >= 0.6 is 0 Å². The highest BCUT2D eigenvalue weighted by atomic mass is 16.4. The molecule has 0 unspecified atom stereocenters. The van der Waals surface area contributed by atoms with Gasteiger partial charge in [0.2, 0.25) is 5.89 Å². The van der Waals surface area contributed by atoms with Crippen molar-refractivity contribution in [3.8, 4) is 0 Å². The van der Waals surface area contributed by atoms with Gasteiger partial charge in [-0.3, -0.25) is 0 Å². The van der Waals surface area contributed by atoms with Gasteiger partial charge in [0.05, 0.1) is 6.54 Å². The van der Waals surface area contributed by atoms with Crippen molar-refractivity contribution in [2.45, 2.75) is 33.7 Å². The molecule has 0 aliphatic rings. The van der Waals surface area contributed by atoms with E-state index in [1.807, 2.05) is 12.1 Å². The lowest BCUT2D eigenvalue weighted by molar-refractivity contribution is 0.460. The maximum atomic E-state index is 5.55. The Morgan fingerprint density at radius 1 is 1.25 bits per heavy atom. The van der Waals surface area contributed by atoms with Gasteiger partial charge in [0, 0.05) is 5.69 Å². The van der Waals surface area contributed by atoms with Gasteiger partial charge in [-0.15, -0.1) is 5.10 Å². The molecule has 1 heterocycles. The fraction of sp³-hybridized carbons (Fsp3) is 0.467. The van der Waals surface area contributed by atoms with E-state index in [0.29, 0.717) is 24.4 Å². The summed E-state index contributed by atoms with van der Waals surface area (Å²) in [6, 6.07) is 8.61. The van der Waals surface area contributed by atoms with Gasteiger partial charge < -0.3 is 15.1 Å². The molecule has 0 aliphatic heterocycles. The van der Waals surface area contributed by atoms with Crippen molar-refractivity contribution in [2.24, 2.45) is 5.92 Å². The predicted octanol–water partition coefficient (Wildman–Crippen LogP) is 3.12. The maximum Gasteiger partial charge on any atom is 0.320 e. The first-order valence-electron chi connectivity index (χ1n) is 7.06. The number of hydrogen-bond donors (Lipinski definition) is 2. The van der Waals surface area contributed by atoms with E-state index in [4.69, 9.17) is 4.42 Å². The van der Waals surface area contributed by atoms with E-state index in [1.165, 1.54) is 5.56 Å². The smallest absolute Gasteiger partial charge is 0.320 e. The molecule has 2 aromatic rings. The number of aromatic nitrogens is 2. The molecule has 0 atom stereocenters. The number of benzene rings is 1. The lowest BCUT2D eigenvalue weighted by Crippen LogP contribution is -2.19. The van der Waals surface area contributed by atoms with Crippen LogP contribution in [0.25, 0.3) is 0 Å². The minimum absolute atomic E-state index is 0.430. The van der Waals surface area contributed by atoms with Crippen LogP contribution in [-0.2, 0) is 13.0 Å². The van der Waals surface area contributed by atoms with Gasteiger partial charge in [0.15, 0.2) is 0 Å². The zero-order valence-corrected chi connectivity index (χ0v) is 12.3. The summed E-state index contributed by atoms with van der Waals surface area (Å²) in [7, 11) is 0. The largest absolute Gasteiger partial charge is 0.406 e. The number of anilines is 2. The van der Waals surface area contributed by atoms with Crippen LogP contribution in [0.2, 0.25) is 0 Å². The number of aryl methyl sites for hydroxylation is 1. The minimum atomic E-state index is 0.430. The molecule has 5 heteroatoms. The van der Waals surface area contributed by atoms with Crippen molar-refractivity contribution in [1.29, 1.82) is 0 Å². The Bertz CT molecular complexity index is 536. The van der Waals surface area contributed by atoms with Crippen LogP contribution in [0.5, 0.6) is 0 Å². The minimum Gasteiger partial charge on any atom is -0.406 e. The Hall–Kier alpha value is -1.88. The molecule has 0 aliphatic carbocycles. The third-order valence-electron chi connectivity index (χ3n) is 2.88. The molecule has 0 amide bonds. The van der Waals surface area contributed by atoms with Gasteiger partial charge in [0.1, 0.15) is 0 Å². The van der Waals surface area contributed by atoms with Crippen molar-refractivity contribution < 1.29 is 4.42 Å². The number of hydrogen-bond acceptors (Lipinski definition) is 5. The Morgan fingerprint density at radius 3 is 2.85 bits per heavy atom. The first-order valence-corrected chi connectivity index (χ1v) is 7.06. The molecule has 2 rings (SSSR count). The average Bonchev–Trinajstić information content (AvgIpc) is 2.86. The van der Waals surface area contributed by atoms with Crippen LogP contribution in [0.3, 0.4) is 0 Å². The van der Waals surface area contributed by atoms with Crippen LogP contribution in [-0.4, -0.2) is 16.7 Å². The SMILES string of the molecule is CCc1cccc(Nc2nnc(CNCC(C)C)o2)c1. The first-order chi connectivity index (χ1) is 9.67. The van der Waals surface area contributed by atoms with Gasteiger partial charge in [-0.2, -0.15) is 0 Å². The zero-order valence-electron chi connectivity index (χ0n) is 12.3. The number of nitrogens with zero attached hydrogens (tertiary/aromatic N) is 2. The highest BCUT2D eigenvalue weighted by molar-refractivity contribution is 5.53. The Morgan fingerprint density at radius 2 is 2.10 bits per heavy atom. The van der Waals surface area contributed by atoms with Crippen molar-refractivity contribution in [2.75, 3.05) is 11.9 Å². The van der Waals surface area contributed by atoms with E-state index in [2.05, 4.69) is 53.7 Å². The molecule has 0 bridgehead atoms. The van der Waals surface area contributed by atoms with Crippen molar-refractivity contribution in [3.05, 3.63) is 35.7 Å². The van der Waals surface area contributed by atoms with Crippen molar-refractivity contribution >= 4 is 11.7 Å². The van der Waals surface area contributed by atoms with E-state index in [1.54, 1.807) is 0 Å². The van der Waals surface area contributed by atoms with Gasteiger partial charge in [-0.25, -0.2) is 0 Å². The average molecular weight is 274 g/mol. The van der Waals surface area contributed by atoms with Crippen LogP contribution in [0.15, 0.2) is 28.7 Å². The fourth-order valence-electron chi connectivity index (χ4n) is 1.84. The number of rotatable bonds is 7. The summed E-state index contributed by atoms with van der Waals surface area (Å²) in [5.41, 5.74) is 2.24. The zero-order chi connectivity index (χ0) is 14.4. The summed E-state index contributed by atoms with van der Waals surface area (Å²) in [6.07, 6.45) is 1.00. The van der Waals surface area contributed by atoms with E-state index >= 15 is 0 Å². The molecule has 0 saturated carbocycles. The quantitative estimate of drug-likeness (QED) is 0.812. The van der Waals surface area contributed by atoms with Gasteiger partial charge in [0.25, 0.3) is 0 Å². The Balaban J connectivity index is 1.91. The third kappa shape index (κ3) is 4.35. The monoisotopic (exact) mass is 274 g/mol. The van der Waals surface area contributed by atoms with E-state index < -0.39 is 0 Å². The third-order valence-corrected chi connectivity index (χ3v) is 2.88. The summed E-state index contributed by atoms with van der Waals surface area (Å²) < 4.78 is 5.55. The molecular weight excluding hydrogens is 252 g/mol. The summed E-state index contributed by atoms with van der Waals surface area (Å²) in [5.74, 6) is 1.20. The molecule has 5 nitrogen and oxygen atoms in total.